The van der Waals surface area contributed by atoms with E-state index in [4.69, 9.17) is 4.74 Å². The number of aldehydes is 1. The number of carbonyl (C=O) groups is 3. The maximum atomic E-state index is 11.7. The zero-order valence-corrected chi connectivity index (χ0v) is 15.4. The Bertz CT molecular complexity index is 436. The van der Waals surface area contributed by atoms with E-state index >= 15 is 0 Å². The summed E-state index contributed by atoms with van der Waals surface area (Å²) in [5.74, 6) is 0. The fraction of sp³-hybridized carbons (Fsp3) is 0.824. The van der Waals surface area contributed by atoms with E-state index in [1.165, 1.54) is 11.3 Å². The summed E-state index contributed by atoms with van der Waals surface area (Å²) < 4.78 is 5.13. The summed E-state index contributed by atoms with van der Waals surface area (Å²) in [6.45, 7) is 8.16. The summed E-state index contributed by atoms with van der Waals surface area (Å²) in [4.78, 5) is 38.1. The van der Waals surface area contributed by atoms with Crippen molar-refractivity contribution in [3.05, 3.63) is 0 Å². The average Bonchev–Trinajstić information content (AvgIpc) is 2.80. The minimum absolute atomic E-state index is 0.151. The molecule has 0 aromatic rings. The third kappa shape index (κ3) is 6.86. The molecule has 7 nitrogen and oxygen atoms in total. The number of rotatable bonds is 8. The van der Waals surface area contributed by atoms with Crippen molar-refractivity contribution in [1.82, 2.24) is 15.1 Å². The molecular weight excluding hydrogens is 310 g/mol. The standard InChI is InChI=1S/C17H31N3O4/c1-13-6-7-15(19(13)5)8-9-20(12-22)10-14(11-21)18-16(23)24-17(2,3)4/h11-15H,6-10H2,1-5H3,(H,18,23). The summed E-state index contributed by atoms with van der Waals surface area (Å²) in [6.07, 6.45) is 3.85. The number of hydrogen-bond acceptors (Lipinski definition) is 5. The third-order valence-electron chi connectivity index (χ3n) is 4.39. The highest BCUT2D eigenvalue weighted by molar-refractivity contribution is 5.73. The topological polar surface area (TPSA) is 79.0 Å². The van der Waals surface area contributed by atoms with Gasteiger partial charge in [0.15, 0.2) is 0 Å². The summed E-state index contributed by atoms with van der Waals surface area (Å²) in [5.41, 5.74) is -0.633. The Balaban J connectivity index is 2.45. The molecule has 1 aliphatic heterocycles. The molecular formula is C17H31N3O4. The van der Waals surface area contributed by atoms with Crippen LogP contribution in [0.25, 0.3) is 0 Å². The summed E-state index contributed by atoms with van der Waals surface area (Å²) >= 11 is 0. The lowest BCUT2D eigenvalue weighted by Crippen LogP contribution is -2.47. The van der Waals surface area contributed by atoms with Gasteiger partial charge < -0.3 is 24.6 Å². The van der Waals surface area contributed by atoms with E-state index < -0.39 is 17.7 Å². The molecule has 1 aliphatic rings. The van der Waals surface area contributed by atoms with Gasteiger partial charge in [0.1, 0.15) is 17.9 Å². The first kappa shape index (κ1) is 20.4. The Labute approximate surface area is 144 Å². The highest BCUT2D eigenvalue weighted by atomic mass is 16.6. The average molecular weight is 341 g/mol. The number of carbonyl (C=O) groups excluding carboxylic acids is 3. The van der Waals surface area contributed by atoms with E-state index in [1.54, 1.807) is 20.8 Å². The number of ether oxygens (including phenoxy) is 1. The molecule has 0 saturated carbocycles. The second-order valence-corrected chi connectivity index (χ2v) is 7.52. The first-order valence-electron chi connectivity index (χ1n) is 8.52. The lowest BCUT2D eigenvalue weighted by Gasteiger charge is -2.27. The molecule has 1 saturated heterocycles. The Morgan fingerprint density at radius 1 is 1.38 bits per heavy atom. The predicted octanol–water partition coefficient (Wildman–Crippen LogP) is 1.41. The summed E-state index contributed by atoms with van der Waals surface area (Å²) in [5, 5.41) is 2.49. The molecule has 0 aromatic heterocycles. The largest absolute Gasteiger partial charge is 0.444 e. The van der Waals surface area contributed by atoms with Crippen LogP contribution in [0.1, 0.15) is 47.0 Å². The van der Waals surface area contributed by atoms with Crippen LogP contribution in [0.3, 0.4) is 0 Å². The maximum Gasteiger partial charge on any atom is 0.408 e. The number of hydrogen-bond donors (Lipinski definition) is 1. The molecule has 1 N–H and O–H groups in total. The van der Waals surface area contributed by atoms with Gasteiger partial charge in [0.2, 0.25) is 6.41 Å². The number of nitrogens with zero attached hydrogens (tertiary/aromatic N) is 2. The highest BCUT2D eigenvalue weighted by Gasteiger charge is 2.27. The van der Waals surface area contributed by atoms with Gasteiger partial charge >= 0.3 is 6.09 Å². The number of amides is 2. The SMILES string of the molecule is CC1CCC(CCN(C=O)CC(C=O)NC(=O)OC(C)(C)C)N1C. The first-order valence-corrected chi connectivity index (χ1v) is 8.52. The molecule has 138 valence electrons. The van der Waals surface area contributed by atoms with E-state index in [9.17, 15) is 14.4 Å². The molecule has 0 aliphatic carbocycles. The zero-order chi connectivity index (χ0) is 18.3. The van der Waals surface area contributed by atoms with Crippen molar-refractivity contribution in [3.8, 4) is 0 Å². The van der Waals surface area contributed by atoms with Crippen LogP contribution in [-0.2, 0) is 14.3 Å². The molecule has 7 heteroatoms. The van der Waals surface area contributed by atoms with E-state index in [0.717, 1.165) is 19.3 Å². The molecule has 3 unspecified atom stereocenters. The first-order chi connectivity index (χ1) is 11.2. The minimum atomic E-state index is -0.773. The van der Waals surface area contributed by atoms with Gasteiger partial charge in [-0.15, -0.1) is 0 Å². The van der Waals surface area contributed by atoms with Crippen molar-refractivity contribution in [1.29, 1.82) is 0 Å². The Morgan fingerprint density at radius 2 is 2.04 bits per heavy atom. The molecule has 2 amide bonds. The molecule has 0 bridgehead atoms. The zero-order valence-electron chi connectivity index (χ0n) is 15.4. The van der Waals surface area contributed by atoms with Crippen molar-refractivity contribution in [3.63, 3.8) is 0 Å². The smallest absolute Gasteiger partial charge is 0.408 e. The Morgan fingerprint density at radius 3 is 2.50 bits per heavy atom. The van der Waals surface area contributed by atoms with Gasteiger partial charge in [-0.1, -0.05) is 0 Å². The molecule has 0 spiro atoms. The van der Waals surface area contributed by atoms with E-state index in [0.29, 0.717) is 24.9 Å². The fourth-order valence-electron chi connectivity index (χ4n) is 2.88. The van der Waals surface area contributed by atoms with Gasteiger partial charge in [0.25, 0.3) is 0 Å². The number of alkyl carbamates (subject to hydrolysis) is 1. The molecule has 1 heterocycles. The van der Waals surface area contributed by atoms with Crippen molar-refractivity contribution in [2.75, 3.05) is 20.1 Å². The van der Waals surface area contributed by atoms with Crippen LogP contribution in [0.15, 0.2) is 0 Å². The van der Waals surface area contributed by atoms with Gasteiger partial charge in [-0.2, -0.15) is 0 Å². The van der Waals surface area contributed by atoms with Crippen LogP contribution in [0.2, 0.25) is 0 Å². The van der Waals surface area contributed by atoms with Crippen LogP contribution in [0.5, 0.6) is 0 Å². The summed E-state index contributed by atoms with van der Waals surface area (Å²) in [7, 11) is 2.10. The number of likely N-dealkylation sites (tertiary alicyclic amines) is 1. The third-order valence-corrected chi connectivity index (χ3v) is 4.39. The van der Waals surface area contributed by atoms with Crippen molar-refractivity contribution < 1.29 is 19.1 Å². The minimum Gasteiger partial charge on any atom is -0.444 e. The van der Waals surface area contributed by atoms with E-state index in [1.807, 2.05) is 0 Å². The molecule has 3 atom stereocenters. The summed E-state index contributed by atoms with van der Waals surface area (Å²) in [6, 6.07) is 0.248. The molecule has 24 heavy (non-hydrogen) atoms. The Kier molecular flexibility index (Phi) is 7.66. The normalized spacial score (nSPS) is 22.7. The van der Waals surface area contributed by atoms with Crippen molar-refractivity contribution >= 4 is 18.8 Å². The lowest BCUT2D eigenvalue weighted by molar-refractivity contribution is -0.119. The van der Waals surface area contributed by atoms with Gasteiger partial charge in [0.05, 0.1) is 0 Å². The second-order valence-electron chi connectivity index (χ2n) is 7.52. The van der Waals surface area contributed by atoms with Crippen LogP contribution in [0.4, 0.5) is 4.79 Å². The van der Waals surface area contributed by atoms with Crippen LogP contribution >= 0.6 is 0 Å². The second kappa shape index (κ2) is 9.01. The van der Waals surface area contributed by atoms with Gasteiger partial charge in [-0.05, 0) is 54.0 Å². The predicted molar refractivity (Wildman–Crippen MR) is 91.7 cm³/mol. The van der Waals surface area contributed by atoms with Crippen molar-refractivity contribution in [2.24, 2.45) is 0 Å². The molecule has 0 radical (unpaired) electrons. The quantitative estimate of drug-likeness (QED) is 0.675. The van der Waals surface area contributed by atoms with Crippen LogP contribution in [-0.4, -0.2) is 72.5 Å². The van der Waals surface area contributed by atoms with E-state index in [-0.39, 0.29) is 6.54 Å². The number of nitrogens with one attached hydrogen (secondary N) is 1. The fourth-order valence-corrected chi connectivity index (χ4v) is 2.88. The Hall–Kier alpha value is -1.63. The highest BCUT2D eigenvalue weighted by Crippen LogP contribution is 2.23. The molecule has 0 aromatic carbocycles. The molecule has 1 fully saturated rings. The van der Waals surface area contributed by atoms with Crippen molar-refractivity contribution in [2.45, 2.75) is 70.7 Å². The van der Waals surface area contributed by atoms with Gasteiger partial charge in [-0.25, -0.2) is 4.79 Å². The monoisotopic (exact) mass is 341 g/mol. The van der Waals surface area contributed by atoms with Gasteiger partial charge in [0, 0.05) is 25.2 Å². The lowest BCUT2D eigenvalue weighted by atomic mass is 10.1. The van der Waals surface area contributed by atoms with Crippen LogP contribution in [0, 0.1) is 0 Å². The van der Waals surface area contributed by atoms with Gasteiger partial charge in [-0.3, -0.25) is 4.79 Å². The maximum absolute atomic E-state index is 11.7. The van der Waals surface area contributed by atoms with E-state index in [2.05, 4.69) is 24.2 Å². The molecule has 1 rings (SSSR count). The van der Waals surface area contributed by atoms with Crippen LogP contribution < -0.4 is 5.32 Å².